The van der Waals surface area contributed by atoms with E-state index in [2.05, 4.69) is 15.3 Å². The number of aromatic amines is 1. The van der Waals surface area contributed by atoms with Gasteiger partial charge in [0.15, 0.2) is 0 Å². The molecule has 3 rings (SSSR count). The molecule has 8 heteroatoms. The first-order valence-corrected chi connectivity index (χ1v) is 8.40. The predicted molar refractivity (Wildman–Crippen MR) is 93.7 cm³/mol. The van der Waals surface area contributed by atoms with Gasteiger partial charge in [0.2, 0.25) is 5.91 Å². The molecule has 138 valence electrons. The van der Waals surface area contributed by atoms with Crippen molar-refractivity contribution in [1.82, 2.24) is 20.2 Å². The minimum Gasteiger partial charge on any atom is -0.496 e. The fraction of sp³-hybridized carbons (Fsp3) is 0.389. The van der Waals surface area contributed by atoms with E-state index in [1.807, 2.05) is 12.1 Å². The molecule has 26 heavy (non-hydrogen) atoms. The standard InChI is InChI=1S/C18H22N4O4/c1-12(23)19-9-13-10-20-17(21-13)16-11-22(7-8-26-16)18(24)14-5-3-4-6-15(14)25-2/h3-6,10,16H,7-9,11H2,1-2H3,(H,19,23)(H,20,21)/t16-/m1/s1. The van der Waals surface area contributed by atoms with Crippen LogP contribution in [0.3, 0.4) is 0 Å². The number of methoxy groups -OCH3 is 1. The van der Waals surface area contributed by atoms with Gasteiger partial charge in [-0.05, 0) is 12.1 Å². The van der Waals surface area contributed by atoms with Gasteiger partial charge in [0, 0.05) is 13.5 Å². The Morgan fingerprint density at radius 1 is 1.42 bits per heavy atom. The quantitative estimate of drug-likeness (QED) is 0.839. The third-order valence-electron chi connectivity index (χ3n) is 4.17. The molecule has 8 nitrogen and oxygen atoms in total. The first-order chi connectivity index (χ1) is 12.6. The van der Waals surface area contributed by atoms with Gasteiger partial charge in [-0.15, -0.1) is 0 Å². The molecule has 1 fully saturated rings. The van der Waals surface area contributed by atoms with Crippen LogP contribution in [0.5, 0.6) is 5.75 Å². The number of hydrogen-bond acceptors (Lipinski definition) is 5. The Hall–Kier alpha value is -2.87. The van der Waals surface area contributed by atoms with Crippen LogP contribution in [0.1, 0.15) is 34.9 Å². The van der Waals surface area contributed by atoms with Gasteiger partial charge in [0.05, 0.1) is 44.3 Å². The first kappa shape index (κ1) is 17.9. The molecule has 0 saturated carbocycles. The molecule has 0 spiro atoms. The normalized spacial score (nSPS) is 17.0. The summed E-state index contributed by atoms with van der Waals surface area (Å²) >= 11 is 0. The zero-order valence-electron chi connectivity index (χ0n) is 14.8. The van der Waals surface area contributed by atoms with Crippen LogP contribution >= 0.6 is 0 Å². The molecule has 0 bridgehead atoms. The van der Waals surface area contributed by atoms with Gasteiger partial charge in [-0.3, -0.25) is 9.59 Å². The second-order valence-corrected chi connectivity index (χ2v) is 6.01. The molecule has 1 aliphatic rings. The lowest BCUT2D eigenvalue weighted by molar-refractivity contribution is -0.119. The minimum absolute atomic E-state index is 0.0965. The van der Waals surface area contributed by atoms with E-state index in [1.54, 1.807) is 30.3 Å². The molecule has 0 radical (unpaired) electrons. The van der Waals surface area contributed by atoms with Crippen LogP contribution in [0.25, 0.3) is 0 Å². The second kappa shape index (κ2) is 8.01. The van der Waals surface area contributed by atoms with Crippen LogP contribution in [0.4, 0.5) is 0 Å². The van der Waals surface area contributed by atoms with Crippen molar-refractivity contribution in [3.63, 3.8) is 0 Å². The van der Waals surface area contributed by atoms with Crippen molar-refractivity contribution in [3.05, 3.63) is 47.5 Å². The number of amides is 2. The zero-order valence-corrected chi connectivity index (χ0v) is 14.8. The molecular weight excluding hydrogens is 336 g/mol. The molecule has 1 aromatic heterocycles. The van der Waals surface area contributed by atoms with E-state index < -0.39 is 0 Å². The number of nitrogens with one attached hydrogen (secondary N) is 2. The van der Waals surface area contributed by atoms with E-state index >= 15 is 0 Å². The second-order valence-electron chi connectivity index (χ2n) is 6.01. The highest BCUT2D eigenvalue weighted by molar-refractivity contribution is 5.97. The maximum atomic E-state index is 12.9. The van der Waals surface area contributed by atoms with Gasteiger partial charge < -0.3 is 24.7 Å². The number of benzene rings is 1. The van der Waals surface area contributed by atoms with Crippen LogP contribution in [0.15, 0.2) is 30.5 Å². The number of imidazole rings is 1. The Labute approximate surface area is 151 Å². The van der Waals surface area contributed by atoms with E-state index in [-0.39, 0.29) is 17.9 Å². The SMILES string of the molecule is COc1ccccc1C(=O)N1CCO[C@@H](c2ncc(CNC(C)=O)[nH]2)C1. The lowest BCUT2D eigenvalue weighted by Gasteiger charge is -2.32. The summed E-state index contributed by atoms with van der Waals surface area (Å²) < 4.78 is 11.1. The number of nitrogens with zero attached hydrogens (tertiary/aromatic N) is 2. The van der Waals surface area contributed by atoms with Crippen molar-refractivity contribution in [1.29, 1.82) is 0 Å². The first-order valence-electron chi connectivity index (χ1n) is 8.40. The molecule has 2 aromatic rings. The number of carbonyl (C=O) groups excluding carboxylic acids is 2. The Balaban J connectivity index is 1.69. The summed E-state index contributed by atoms with van der Waals surface area (Å²) in [5, 5.41) is 2.71. The number of ether oxygens (including phenoxy) is 2. The molecule has 1 saturated heterocycles. The van der Waals surface area contributed by atoms with Crippen LogP contribution in [-0.4, -0.2) is 53.5 Å². The van der Waals surface area contributed by atoms with Gasteiger partial charge in [-0.2, -0.15) is 0 Å². The molecular formula is C18H22N4O4. The summed E-state index contributed by atoms with van der Waals surface area (Å²) in [6.07, 6.45) is 1.32. The Bertz CT molecular complexity index is 789. The number of aromatic nitrogens is 2. The van der Waals surface area contributed by atoms with E-state index in [4.69, 9.17) is 9.47 Å². The highest BCUT2D eigenvalue weighted by atomic mass is 16.5. The van der Waals surface area contributed by atoms with Gasteiger partial charge in [0.1, 0.15) is 17.7 Å². The number of H-pyrrole nitrogens is 1. The maximum absolute atomic E-state index is 12.9. The maximum Gasteiger partial charge on any atom is 0.257 e. The molecule has 1 aromatic carbocycles. The minimum atomic E-state index is -0.339. The fourth-order valence-corrected chi connectivity index (χ4v) is 2.84. The number of para-hydroxylation sites is 1. The Kier molecular flexibility index (Phi) is 5.52. The van der Waals surface area contributed by atoms with Gasteiger partial charge in [-0.25, -0.2) is 4.98 Å². The van der Waals surface area contributed by atoms with Gasteiger partial charge in [-0.1, -0.05) is 12.1 Å². The lowest BCUT2D eigenvalue weighted by Crippen LogP contribution is -2.42. The molecule has 2 amide bonds. The van der Waals surface area contributed by atoms with Gasteiger partial charge >= 0.3 is 0 Å². The summed E-state index contributed by atoms with van der Waals surface area (Å²) in [4.78, 5) is 33.1. The lowest BCUT2D eigenvalue weighted by atomic mass is 10.1. The molecule has 2 heterocycles. The Morgan fingerprint density at radius 3 is 3.00 bits per heavy atom. The third kappa shape index (κ3) is 4.02. The Morgan fingerprint density at radius 2 is 2.23 bits per heavy atom. The molecule has 0 aliphatic carbocycles. The summed E-state index contributed by atoms with van der Waals surface area (Å²) in [7, 11) is 1.55. The van der Waals surface area contributed by atoms with Crippen molar-refractivity contribution >= 4 is 11.8 Å². The predicted octanol–water partition coefficient (Wildman–Crippen LogP) is 1.27. The van der Waals surface area contributed by atoms with E-state index in [0.29, 0.717) is 43.4 Å². The molecule has 1 aliphatic heterocycles. The highest BCUT2D eigenvalue weighted by Crippen LogP contribution is 2.24. The average molecular weight is 358 g/mol. The van der Waals surface area contributed by atoms with Crippen LogP contribution in [0, 0.1) is 0 Å². The zero-order chi connectivity index (χ0) is 18.5. The van der Waals surface area contributed by atoms with Crippen molar-refractivity contribution in [3.8, 4) is 5.75 Å². The van der Waals surface area contributed by atoms with Crippen LogP contribution < -0.4 is 10.1 Å². The van der Waals surface area contributed by atoms with Crippen molar-refractivity contribution in [2.24, 2.45) is 0 Å². The fourth-order valence-electron chi connectivity index (χ4n) is 2.84. The number of carbonyl (C=O) groups is 2. The monoisotopic (exact) mass is 358 g/mol. The molecule has 2 N–H and O–H groups in total. The van der Waals surface area contributed by atoms with E-state index in [9.17, 15) is 9.59 Å². The van der Waals surface area contributed by atoms with Gasteiger partial charge in [0.25, 0.3) is 5.91 Å². The topological polar surface area (TPSA) is 96.5 Å². The average Bonchev–Trinajstić information content (AvgIpc) is 3.15. The number of hydrogen-bond donors (Lipinski definition) is 2. The third-order valence-corrected chi connectivity index (χ3v) is 4.17. The molecule has 0 unspecified atom stereocenters. The van der Waals surface area contributed by atoms with Crippen molar-refractivity contribution in [2.75, 3.05) is 26.8 Å². The number of rotatable bonds is 5. The van der Waals surface area contributed by atoms with Crippen LogP contribution in [0.2, 0.25) is 0 Å². The smallest absolute Gasteiger partial charge is 0.257 e. The van der Waals surface area contributed by atoms with E-state index in [0.717, 1.165) is 5.69 Å². The summed E-state index contributed by atoms with van der Waals surface area (Å²) in [6.45, 7) is 3.16. The van der Waals surface area contributed by atoms with Crippen LogP contribution in [-0.2, 0) is 16.1 Å². The van der Waals surface area contributed by atoms with Crippen molar-refractivity contribution in [2.45, 2.75) is 19.6 Å². The summed E-state index contributed by atoms with van der Waals surface area (Å²) in [6, 6.07) is 7.17. The highest BCUT2D eigenvalue weighted by Gasteiger charge is 2.29. The van der Waals surface area contributed by atoms with E-state index in [1.165, 1.54) is 6.92 Å². The summed E-state index contributed by atoms with van der Waals surface area (Å²) in [5.41, 5.74) is 1.31. The van der Waals surface area contributed by atoms with Crippen molar-refractivity contribution < 1.29 is 19.1 Å². The summed E-state index contributed by atoms with van der Waals surface area (Å²) in [5.74, 6) is 0.989. The molecule has 1 atom stereocenters. The number of morpholine rings is 1. The largest absolute Gasteiger partial charge is 0.496 e.